The van der Waals surface area contributed by atoms with Gasteiger partial charge in [-0.25, -0.2) is 9.07 Å². The zero-order chi connectivity index (χ0) is 14.0. The minimum atomic E-state index is -0.260. The van der Waals surface area contributed by atoms with Crippen molar-refractivity contribution in [3.05, 3.63) is 47.5 Å². The van der Waals surface area contributed by atoms with Crippen LogP contribution in [0, 0.1) is 12.7 Å². The minimum Gasteiger partial charge on any atom is -0.306 e. The summed E-state index contributed by atoms with van der Waals surface area (Å²) in [7, 11) is 0. The highest BCUT2D eigenvalue weighted by atomic mass is 19.1. The maximum atomic E-state index is 13.8. The maximum Gasteiger partial charge on any atom is 0.148 e. The van der Waals surface area contributed by atoms with Gasteiger partial charge < -0.3 is 5.32 Å². The first-order chi connectivity index (χ1) is 8.85. The molecule has 4 heteroatoms. The van der Waals surface area contributed by atoms with Crippen LogP contribution in [0.15, 0.2) is 30.5 Å². The van der Waals surface area contributed by atoms with E-state index < -0.39 is 0 Å². The molecule has 0 amide bonds. The van der Waals surface area contributed by atoms with Crippen LogP contribution in [-0.2, 0) is 6.54 Å². The van der Waals surface area contributed by atoms with E-state index in [9.17, 15) is 4.39 Å². The Morgan fingerprint density at radius 3 is 2.68 bits per heavy atom. The van der Waals surface area contributed by atoms with Crippen LogP contribution in [0.1, 0.15) is 32.0 Å². The van der Waals surface area contributed by atoms with Crippen molar-refractivity contribution < 1.29 is 4.39 Å². The molecule has 2 rings (SSSR count). The second kappa shape index (κ2) is 5.13. The number of hydrogen-bond donors (Lipinski definition) is 1. The molecule has 2 aromatic rings. The van der Waals surface area contributed by atoms with Crippen LogP contribution in [0.2, 0.25) is 0 Å². The fourth-order valence-corrected chi connectivity index (χ4v) is 1.74. The van der Waals surface area contributed by atoms with Gasteiger partial charge in [-0.2, -0.15) is 5.10 Å². The Balaban J connectivity index is 2.19. The zero-order valence-corrected chi connectivity index (χ0v) is 11.9. The van der Waals surface area contributed by atoms with E-state index in [0.717, 1.165) is 11.3 Å². The molecule has 102 valence electrons. The highest BCUT2D eigenvalue weighted by Gasteiger charge is 2.11. The lowest BCUT2D eigenvalue weighted by Crippen LogP contribution is -2.35. The zero-order valence-electron chi connectivity index (χ0n) is 11.9. The number of aryl methyl sites for hydroxylation is 1. The Bertz CT molecular complexity index is 567. The van der Waals surface area contributed by atoms with Gasteiger partial charge in [-0.3, -0.25) is 0 Å². The van der Waals surface area contributed by atoms with Gasteiger partial charge in [-0.05, 0) is 51.5 Å². The molecule has 0 bridgehead atoms. The molecular formula is C15H20FN3. The van der Waals surface area contributed by atoms with Crippen LogP contribution in [-0.4, -0.2) is 15.3 Å². The molecule has 0 saturated heterocycles. The van der Waals surface area contributed by atoms with Crippen molar-refractivity contribution in [2.75, 3.05) is 0 Å². The van der Waals surface area contributed by atoms with Crippen LogP contribution >= 0.6 is 0 Å². The summed E-state index contributed by atoms with van der Waals surface area (Å²) in [6.45, 7) is 8.91. The molecule has 1 aromatic carbocycles. The second-order valence-electron chi connectivity index (χ2n) is 5.81. The molecule has 1 aromatic heterocycles. The van der Waals surface area contributed by atoms with Crippen LogP contribution in [0.25, 0.3) is 5.69 Å². The smallest absolute Gasteiger partial charge is 0.148 e. The number of aromatic nitrogens is 2. The van der Waals surface area contributed by atoms with Gasteiger partial charge in [0.1, 0.15) is 11.5 Å². The minimum absolute atomic E-state index is 0.0400. The Kier molecular flexibility index (Phi) is 3.71. The monoisotopic (exact) mass is 261 g/mol. The molecule has 3 nitrogen and oxygen atoms in total. The molecule has 1 N–H and O–H groups in total. The fourth-order valence-electron chi connectivity index (χ4n) is 1.74. The van der Waals surface area contributed by atoms with Gasteiger partial charge in [-0.15, -0.1) is 0 Å². The van der Waals surface area contributed by atoms with E-state index in [-0.39, 0.29) is 11.4 Å². The molecule has 0 aliphatic carbocycles. The highest BCUT2D eigenvalue weighted by Crippen LogP contribution is 2.15. The summed E-state index contributed by atoms with van der Waals surface area (Å²) < 4.78 is 15.3. The van der Waals surface area contributed by atoms with Gasteiger partial charge in [0.2, 0.25) is 0 Å². The van der Waals surface area contributed by atoms with Crippen molar-refractivity contribution in [3.8, 4) is 5.69 Å². The van der Waals surface area contributed by atoms with Gasteiger partial charge in [0.15, 0.2) is 0 Å². The summed E-state index contributed by atoms with van der Waals surface area (Å²) in [5.41, 5.74) is 2.44. The number of halogens is 1. The van der Waals surface area contributed by atoms with Crippen molar-refractivity contribution in [3.63, 3.8) is 0 Å². The standard InChI is InChI=1S/C15H20FN3/c1-11-5-6-13(16)14(9-11)19-8-7-12(18-19)10-17-15(2,3)4/h5-9,17H,10H2,1-4H3. The Hall–Kier alpha value is -1.68. The van der Waals surface area contributed by atoms with Gasteiger partial charge in [-0.1, -0.05) is 6.07 Å². The SMILES string of the molecule is Cc1ccc(F)c(-n2ccc(CNC(C)(C)C)n2)c1. The van der Waals surface area contributed by atoms with Crippen molar-refractivity contribution in [1.29, 1.82) is 0 Å². The normalized spacial score (nSPS) is 11.8. The first-order valence-electron chi connectivity index (χ1n) is 6.41. The van der Waals surface area contributed by atoms with Crippen molar-refractivity contribution >= 4 is 0 Å². The maximum absolute atomic E-state index is 13.8. The number of nitrogens with one attached hydrogen (secondary N) is 1. The first kappa shape index (κ1) is 13.7. The van der Waals surface area contributed by atoms with E-state index >= 15 is 0 Å². The summed E-state index contributed by atoms with van der Waals surface area (Å²) >= 11 is 0. The largest absolute Gasteiger partial charge is 0.306 e. The van der Waals surface area contributed by atoms with Gasteiger partial charge in [0.05, 0.1) is 5.69 Å². The average Bonchev–Trinajstić information content (AvgIpc) is 2.77. The highest BCUT2D eigenvalue weighted by molar-refractivity contribution is 5.36. The Morgan fingerprint density at radius 1 is 1.26 bits per heavy atom. The third kappa shape index (κ3) is 3.64. The summed E-state index contributed by atoms with van der Waals surface area (Å²) in [5, 5.41) is 7.76. The van der Waals surface area contributed by atoms with E-state index in [1.165, 1.54) is 6.07 Å². The average molecular weight is 261 g/mol. The molecule has 19 heavy (non-hydrogen) atoms. The topological polar surface area (TPSA) is 29.9 Å². The number of rotatable bonds is 3. The van der Waals surface area contributed by atoms with E-state index in [4.69, 9.17) is 0 Å². The number of hydrogen-bond acceptors (Lipinski definition) is 2. The van der Waals surface area contributed by atoms with Gasteiger partial charge in [0, 0.05) is 18.3 Å². The third-order valence-electron chi connectivity index (χ3n) is 2.79. The van der Waals surface area contributed by atoms with E-state index in [1.54, 1.807) is 23.0 Å². The Morgan fingerprint density at radius 2 is 2.00 bits per heavy atom. The molecule has 0 unspecified atom stereocenters. The third-order valence-corrected chi connectivity index (χ3v) is 2.79. The molecule has 0 fully saturated rings. The lowest BCUT2D eigenvalue weighted by Gasteiger charge is -2.19. The summed E-state index contributed by atoms with van der Waals surface area (Å²) in [6.07, 6.45) is 1.79. The lowest BCUT2D eigenvalue weighted by molar-refractivity contribution is 0.420. The molecule has 1 heterocycles. The molecule has 0 saturated carbocycles. The van der Waals surface area contributed by atoms with Crippen molar-refractivity contribution in [2.24, 2.45) is 0 Å². The molecule has 0 atom stereocenters. The van der Waals surface area contributed by atoms with Crippen molar-refractivity contribution in [2.45, 2.75) is 39.8 Å². The summed E-state index contributed by atoms with van der Waals surface area (Å²) in [6, 6.07) is 6.92. The van der Waals surface area contributed by atoms with E-state index in [1.807, 2.05) is 13.0 Å². The van der Waals surface area contributed by atoms with Crippen molar-refractivity contribution in [1.82, 2.24) is 15.1 Å². The predicted octanol–water partition coefficient (Wildman–Crippen LogP) is 3.21. The van der Waals surface area contributed by atoms with Crippen LogP contribution in [0.3, 0.4) is 0 Å². The lowest BCUT2D eigenvalue weighted by atomic mass is 10.1. The van der Waals surface area contributed by atoms with Crippen LogP contribution in [0.5, 0.6) is 0 Å². The molecular weight excluding hydrogens is 241 g/mol. The second-order valence-corrected chi connectivity index (χ2v) is 5.81. The van der Waals surface area contributed by atoms with E-state index in [2.05, 4.69) is 31.2 Å². The van der Waals surface area contributed by atoms with Gasteiger partial charge >= 0.3 is 0 Å². The number of benzene rings is 1. The molecule has 0 aliphatic rings. The van der Waals surface area contributed by atoms with Crippen LogP contribution in [0.4, 0.5) is 4.39 Å². The molecule has 0 aliphatic heterocycles. The summed E-state index contributed by atoms with van der Waals surface area (Å²) in [5.74, 6) is -0.260. The summed E-state index contributed by atoms with van der Waals surface area (Å²) in [4.78, 5) is 0. The van der Waals surface area contributed by atoms with E-state index in [0.29, 0.717) is 12.2 Å². The Labute approximate surface area is 113 Å². The molecule has 0 spiro atoms. The fraction of sp³-hybridized carbons (Fsp3) is 0.400. The van der Waals surface area contributed by atoms with Crippen LogP contribution < -0.4 is 5.32 Å². The quantitative estimate of drug-likeness (QED) is 0.919. The first-order valence-corrected chi connectivity index (χ1v) is 6.41. The predicted molar refractivity (Wildman–Crippen MR) is 74.9 cm³/mol. The molecule has 0 radical (unpaired) electrons. The number of nitrogens with zero attached hydrogens (tertiary/aromatic N) is 2. The van der Waals surface area contributed by atoms with Gasteiger partial charge in [0.25, 0.3) is 0 Å².